The summed E-state index contributed by atoms with van der Waals surface area (Å²) in [4.78, 5) is 11.0. The summed E-state index contributed by atoms with van der Waals surface area (Å²) in [5.41, 5.74) is 0.795. The Morgan fingerprint density at radius 2 is 2.27 bits per heavy atom. The monoisotopic (exact) mass is 202 g/mol. The zero-order chi connectivity index (χ0) is 10.7. The van der Waals surface area contributed by atoms with Crippen molar-refractivity contribution in [2.24, 2.45) is 5.92 Å². The van der Waals surface area contributed by atoms with E-state index < -0.39 is 5.97 Å². The molecule has 1 saturated carbocycles. The Hall–Kier alpha value is -1.89. The van der Waals surface area contributed by atoms with E-state index in [1.165, 1.54) is 20.0 Å². The molecule has 15 heavy (non-hydrogen) atoms. The Morgan fingerprint density at radius 3 is 2.80 bits per heavy atom. The van der Waals surface area contributed by atoms with E-state index in [9.17, 15) is 4.79 Å². The van der Waals surface area contributed by atoms with Crippen LogP contribution in [-0.4, -0.2) is 23.3 Å². The van der Waals surface area contributed by atoms with Crippen LogP contribution in [0.5, 0.6) is 0 Å². The van der Waals surface area contributed by atoms with Gasteiger partial charge in [0.25, 0.3) is 0 Å². The van der Waals surface area contributed by atoms with Crippen LogP contribution in [0.4, 0.5) is 0 Å². The minimum atomic E-state index is -0.482. The van der Waals surface area contributed by atoms with Crippen LogP contribution in [0.15, 0.2) is 12.1 Å². The number of ether oxygens (including phenoxy) is 1. The number of carbonyl (C=O) groups excluding carboxylic acids is 1. The first-order chi connectivity index (χ1) is 7.29. The first kappa shape index (κ1) is 9.66. The van der Waals surface area contributed by atoms with Gasteiger partial charge in [-0.25, -0.2) is 4.79 Å². The van der Waals surface area contributed by atoms with Gasteiger partial charge in [-0.3, -0.25) is 0 Å². The molecule has 0 radical (unpaired) electrons. The van der Waals surface area contributed by atoms with Crippen molar-refractivity contribution in [2.75, 3.05) is 7.11 Å². The van der Waals surface area contributed by atoms with Crippen LogP contribution in [0, 0.1) is 17.8 Å². The van der Waals surface area contributed by atoms with Crippen molar-refractivity contribution in [3.8, 4) is 11.8 Å². The Labute approximate surface area is 87.7 Å². The van der Waals surface area contributed by atoms with E-state index in [2.05, 4.69) is 26.8 Å². The first-order valence-corrected chi connectivity index (χ1v) is 4.73. The first-order valence-electron chi connectivity index (χ1n) is 4.73. The molecule has 76 valence electrons. The highest BCUT2D eigenvalue weighted by molar-refractivity contribution is 5.86. The minimum absolute atomic E-state index is 0.203. The van der Waals surface area contributed by atoms with Gasteiger partial charge in [0.2, 0.25) is 0 Å². The molecule has 0 amide bonds. The lowest BCUT2D eigenvalue weighted by atomic mass is 10.3. The SMILES string of the molecule is COC(=O)c1ccc(C#CC2CC2)nn1. The molecule has 4 heteroatoms. The molecule has 0 atom stereocenters. The number of hydrogen-bond acceptors (Lipinski definition) is 4. The number of esters is 1. The molecule has 1 heterocycles. The van der Waals surface area contributed by atoms with E-state index in [1.807, 2.05) is 0 Å². The largest absolute Gasteiger partial charge is 0.464 e. The summed E-state index contributed by atoms with van der Waals surface area (Å²) < 4.78 is 4.51. The van der Waals surface area contributed by atoms with Gasteiger partial charge in [-0.2, -0.15) is 0 Å². The molecular formula is C11H10N2O2. The summed E-state index contributed by atoms with van der Waals surface area (Å²) in [6.45, 7) is 0. The second-order valence-electron chi connectivity index (χ2n) is 3.34. The summed E-state index contributed by atoms with van der Waals surface area (Å²) in [5, 5.41) is 7.54. The van der Waals surface area contributed by atoms with Crippen LogP contribution in [0.2, 0.25) is 0 Å². The number of nitrogens with zero attached hydrogens (tertiary/aromatic N) is 2. The topological polar surface area (TPSA) is 52.1 Å². The van der Waals surface area contributed by atoms with Crippen molar-refractivity contribution in [3.05, 3.63) is 23.5 Å². The average Bonchev–Trinajstić information content (AvgIpc) is 3.10. The zero-order valence-electron chi connectivity index (χ0n) is 8.36. The average molecular weight is 202 g/mol. The van der Waals surface area contributed by atoms with Crippen molar-refractivity contribution < 1.29 is 9.53 Å². The number of carbonyl (C=O) groups is 1. The molecule has 0 aromatic carbocycles. The van der Waals surface area contributed by atoms with Crippen LogP contribution in [0.25, 0.3) is 0 Å². The lowest BCUT2D eigenvalue weighted by molar-refractivity contribution is 0.0592. The third-order valence-electron chi connectivity index (χ3n) is 2.04. The van der Waals surface area contributed by atoms with Crippen molar-refractivity contribution in [1.29, 1.82) is 0 Å². The highest BCUT2D eigenvalue weighted by Crippen LogP contribution is 2.27. The number of methoxy groups -OCH3 is 1. The van der Waals surface area contributed by atoms with Gasteiger partial charge in [0.05, 0.1) is 7.11 Å². The van der Waals surface area contributed by atoms with Gasteiger partial charge >= 0.3 is 5.97 Å². The van der Waals surface area contributed by atoms with Crippen molar-refractivity contribution >= 4 is 5.97 Å². The zero-order valence-corrected chi connectivity index (χ0v) is 8.36. The molecule has 0 bridgehead atoms. The van der Waals surface area contributed by atoms with E-state index in [0.717, 1.165) is 0 Å². The fraction of sp³-hybridized carbons (Fsp3) is 0.364. The Kier molecular flexibility index (Phi) is 2.64. The molecule has 2 rings (SSSR count). The predicted octanol–water partition coefficient (Wildman–Crippen LogP) is 1.02. The van der Waals surface area contributed by atoms with E-state index in [0.29, 0.717) is 11.6 Å². The summed E-state index contributed by atoms with van der Waals surface area (Å²) in [6.07, 6.45) is 2.36. The quantitative estimate of drug-likeness (QED) is 0.504. The maximum Gasteiger partial charge on any atom is 0.358 e. The number of aromatic nitrogens is 2. The molecule has 1 aliphatic carbocycles. The molecule has 0 N–H and O–H groups in total. The van der Waals surface area contributed by atoms with Gasteiger partial charge in [-0.05, 0) is 30.9 Å². The third kappa shape index (κ3) is 2.53. The Morgan fingerprint density at radius 1 is 1.47 bits per heavy atom. The fourth-order valence-corrected chi connectivity index (χ4v) is 1.02. The van der Waals surface area contributed by atoms with Crippen molar-refractivity contribution in [3.63, 3.8) is 0 Å². The second kappa shape index (κ2) is 4.09. The van der Waals surface area contributed by atoms with Crippen molar-refractivity contribution in [2.45, 2.75) is 12.8 Å². The molecular weight excluding hydrogens is 192 g/mol. The summed E-state index contributed by atoms with van der Waals surface area (Å²) in [6, 6.07) is 3.24. The Bertz CT molecular complexity index is 424. The summed E-state index contributed by atoms with van der Waals surface area (Å²) in [5.74, 6) is 6.03. The molecule has 1 aromatic rings. The maximum absolute atomic E-state index is 11.0. The van der Waals surface area contributed by atoms with Gasteiger partial charge in [-0.1, -0.05) is 5.92 Å². The summed E-state index contributed by atoms with van der Waals surface area (Å²) >= 11 is 0. The molecule has 0 spiro atoms. The van der Waals surface area contributed by atoms with Gasteiger partial charge < -0.3 is 4.74 Å². The van der Waals surface area contributed by atoms with Crippen LogP contribution >= 0.6 is 0 Å². The predicted molar refractivity (Wildman–Crippen MR) is 53.0 cm³/mol. The molecule has 1 aliphatic rings. The summed E-state index contributed by atoms with van der Waals surface area (Å²) in [7, 11) is 1.31. The van der Waals surface area contributed by atoms with E-state index in [1.54, 1.807) is 12.1 Å². The van der Waals surface area contributed by atoms with E-state index in [-0.39, 0.29) is 5.69 Å². The van der Waals surface area contributed by atoms with Crippen LogP contribution in [0.1, 0.15) is 29.0 Å². The molecule has 0 unspecified atom stereocenters. The molecule has 1 fully saturated rings. The second-order valence-corrected chi connectivity index (χ2v) is 3.34. The van der Waals surface area contributed by atoms with Crippen LogP contribution in [-0.2, 0) is 4.74 Å². The van der Waals surface area contributed by atoms with E-state index in [4.69, 9.17) is 0 Å². The smallest absolute Gasteiger partial charge is 0.358 e. The Balaban J connectivity index is 2.10. The maximum atomic E-state index is 11.0. The highest BCUT2D eigenvalue weighted by Gasteiger charge is 2.17. The van der Waals surface area contributed by atoms with Crippen molar-refractivity contribution in [1.82, 2.24) is 10.2 Å². The number of hydrogen-bond donors (Lipinski definition) is 0. The number of rotatable bonds is 1. The van der Waals surface area contributed by atoms with Gasteiger partial charge in [0.15, 0.2) is 5.69 Å². The molecule has 4 nitrogen and oxygen atoms in total. The van der Waals surface area contributed by atoms with Crippen LogP contribution in [0.3, 0.4) is 0 Å². The molecule has 0 saturated heterocycles. The lowest BCUT2D eigenvalue weighted by Crippen LogP contribution is -2.05. The van der Waals surface area contributed by atoms with E-state index >= 15 is 0 Å². The lowest BCUT2D eigenvalue weighted by Gasteiger charge is -1.95. The minimum Gasteiger partial charge on any atom is -0.464 e. The van der Waals surface area contributed by atoms with Gasteiger partial charge in [0, 0.05) is 5.92 Å². The van der Waals surface area contributed by atoms with Gasteiger partial charge in [-0.15, -0.1) is 10.2 Å². The highest BCUT2D eigenvalue weighted by atomic mass is 16.5. The van der Waals surface area contributed by atoms with Gasteiger partial charge in [0.1, 0.15) is 5.69 Å². The standard InChI is InChI=1S/C11H10N2O2/c1-15-11(14)10-7-6-9(12-13-10)5-4-8-2-3-8/h6-8H,2-3H2,1H3. The molecule has 0 aliphatic heterocycles. The van der Waals surface area contributed by atoms with Crippen LogP contribution < -0.4 is 0 Å². The molecule has 1 aromatic heterocycles. The fourth-order valence-electron chi connectivity index (χ4n) is 1.02. The normalized spacial score (nSPS) is 13.9. The third-order valence-corrected chi connectivity index (χ3v) is 2.04.